The second-order valence-corrected chi connectivity index (χ2v) is 8.31. The Morgan fingerprint density at radius 2 is 1.72 bits per heavy atom. The minimum Gasteiger partial charge on any atom is -0.497 e. The molecular weight excluding hydrogens is 366 g/mol. The molecule has 1 atom stereocenters. The number of methoxy groups -OCH3 is 1. The Morgan fingerprint density at radius 3 is 2.28 bits per heavy atom. The van der Waals surface area contributed by atoms with Crippen LogP contribution in [0.3, 0.4) is 0 Å². The molecule has 0 aromatic heterocycles. The van der Waals surface area contributed by atoms with Crippen molar-refractivity contribution in [1.82, 2.24) is 14.7 Å². The van der Waals surface area contributed by atoms with E-state index in [1.54, 1.807) is 7.11 Å². The van der Waals surface area contributed by atoms with Gasteiger partial charge in [-0.25, -0.2) is 0 Å². The molecule has 1 heterocycles. The van der Waals surface area contributed by atoms with E-state index in [1.165, 1.54) is 12.8 Å². The van der Waals surface area contributed by atoms with Gasteiger partial charge in [-0.05, 0) is 49.4 Å². The van der Waals surface area contributed by atoms with Gasteiger partial charge in [0.25, 0.3) is 5.91 Å². The second-order valence-electron chi connectivity index (χ2n) is 8.31. The summed E-state index contributed by atoms with van der Waals surface area (Å²) in [5.41, 5.74) is 0.686. The summed E-state index contributed by atoms with van der Waals surface area (Å²) in [6, 6.07) is 7.24. The number of rotatable bonds is 7. The standard InChI is InChI=1S/C23H35N3O3/c1-4-13-24(2)23(28)21(18-7-5-6-8-18)25-14-16-26(17-15-25)22(27)19-9-11-20(29-3)12-10-19/h9-12,18,21H,4-8,13-17H2,1-3H3/t21-/m0/s1. The van der Waals surface area contributed by atoms with Gasteiger partial charge in [-0.2, -0.15) is 0 Å². The predicted molar refractivity (Wildman–Crippen MR) is 114 cm³/mol. The third kappa shape index (κ3) is 5.10. The van der Waals surface area contributed by atoms with E-state index in [0.29, 0.717) is 24.6 Å². The molecule has 1 saturated heterocycles. The molecule has 3 rings (SSSR count). The van der Waals surface area contributed by atoms with Gasteiger partial charge in [0.1, 0.15) is 5.75 Å². The summed E-state index contributed by atoms with van der Waals surface area (Å²) in [5.74, 6) is 1.51. The lowest BCUT2D eigenvalue weighted by molar-refractivity contribution is -0.138. The highest BCUT2D eigenvalue weighted by atomic mass is 16.5. The van der Waals surface area contributed by atoms with Crippen LogP contribution in [0.2, 0.25) is 0 Å². The minimum atomic E-state index is -0.0349. The maximum atomic E-state index is 13.2. The topological polar surface area (TPSA) is 53.1 Å². The van der Waals surface area contributed by atoms with Crippen LogP contribution in [0.25, 0.3) is 0 Å². The molecule has 1 aliphatic heterocycles. The van der Waals surface area contributed by atoms with Crippen molar-refractivity contribution in [2.45, 2.75) is 45.1 Å². The lowest BCUT2D eigenvalue weighted by atomic mass is 9.94. The van der Waals surface area contributed by atoms with Gasteiger partial charge in [0, 0.05) is 45.3 Å². The van der Waals surface area contributed by atoms with Crippen molar-refractivity contribution in [1.29, 1.82) is 0 Å². The van der Waals surface area contributed by atoms with Gasteiger partial charge >= 0.3 is 0 Å². The number of carbonyl (C=O) groups excluding carboxylic acids is 2. The summed E-state index contributed by atoms with van der Waals surface area (Å²) >= 11 is 0. The summed E-state index contributed by atoms with van der Waals surface area (Å²) in [4.78, 5) is 32.2. The first-order chi connectivity index (χ1) is 14.0. The predicted octanol–water partition coefficient (Wildman–Crippen LogP) is 2.88. The molecule has 1 aromatic rings. The van der Waals surface area contributed by atoms with Crippen LogP contribution < -0.4 is 4.74 Å². The lowest BCUT2D eigenvalue weighted by Gasteiger charge is -2.42. The maximum absolute atomic E-state index is 13.2. The van der Waals surface area contributed by atoms with Crippen LogP contribution in [0.4, 0.5) is 0 Å². The van der Waals surface area contributed by atoms with Gasteiger partial charge in [-0.1, -0.05) is 19.8 Å². The Kier molecular flexibility index (Phi) is 7.53. The molecule has 29 heavy (non-hydrogen) atoms. The minimum absolute atomic E-state index is 0.0349. The maximum Gasteiger partial charge on any atom is 0.253 e. The highest BCUT2D eigenvalue weighted by Crippen LogP contribution is 2.32. The lowest BCUT2D eigenvalue weighted by Crippen LogP contribution is -2.58. The van der Waals surface area contributed by atoms with E-state index in [2.05, 4.69) is 11.8 Å². The van der Waals surface area contributed by atoms with Crippen LogP contribution in [0.5, 0.6) is 5.75 Å². The summed E-state index contributed by atoms with van der Waals surface area (Å²) < 4.78 is 5.18. The largest absolute Gasteiger partial charge is 0.497 e. The summed E-state index contributed by atoms with van der Waals surface area (Å²) in [7, 11) is 3.55. The van der Waals surface area contributed by atoms with Crippen LogP contribution in [-0.4, -0.2) is 79.4 Å². The number of hydrogen-bond acceptors (Lipinski definition) is 4. The van der Waals surface area contributed by atoms with Crippen LogP contribution in [0.1, 0.15) is 49.4 Å². The number of ether oxygens (including phenoxy) is 1. The fraction of sp³-hybridized carbons (Fsp3) is 0.652. The summed E-state index contributed by atoms with van der Waals surface area (Å²) in [6.07, 6.45) is 5.70. The number of benzene rings is 1. The first kappa shape index (κ1) is 21.6. The zero-order valence-corrected chi connectivity index (χ0v) is 18.1. The Labute approximate surface area is 174 Å². The monoisotopic (exact) mass is 401 g/mol. The van der Waals surface area contributed by atoms with Crippen molar-refractivity contribution >= 4 is 11.8 Å². The number of nitrogens with zero attached hydrogens (tertiary/aromatic N) is 3. The molecule has 160 valence electrons. The molecular formula is C23H35N3O3. The fourth-order valence-electron chi connectivity index (χ4n) is 4.72. The van der Waals surface area contributed by atoms with Gasteiger partial charge in [-0.3, -0.25) is 14.5 Å². The highest BCUT2D eigenvalue weighted by molar-refractivity contribution is 5.94. The third-order valence-corrected chi connectivity index (χ3v) is 6.37. The summed E-state index contributed by atoms with van der Waals surface area (Å²) in [5, 5.41) is 0. The molecule has 6 heteroatoms. The number of carbonyl (C=O) groups is 2. The SMILES string of the molecule is CCCN(C)C(=O)[C@H](C1CCCC1)N1CCN(C(=O)c2ccc(OC)cc2)CC1. The first-order valence-corrected chi connectivity index (χ1v) is 11.0. The van der Waals surface area contributed by atoms with Gasteiger partial charge in [-0.15, -0.1) is 0 Å². The average molecular weight is 402 g/mol. The van der Waals surface area contributed by atoms with Gasteiger partial charge in [0.2, 0.25) is 5.91 Å². The van der Waals surface area contributed by atoms with E-state index in [4.69, 9.17) is 4.74 Å². The molecule has 0 radical (unpaired) electrons. The number of likely N-dealkylation sites (N-methyl/N-ethyl adjacent to an activating group) is 1. The van der Waals surface area contributed by atoms with E-state index in [1.807, 2.05) is 41.1 Å². The molecule has 2 aliphatic rings. The first-order valence-electron chi connectivity index (χ1n) is 11.0. The quantitative estimate of drug-likeness (QED) is 0.705. The Hall–Kier alpha value is -2.08. The number of hydrogen-bond donors (Lipinski definition) is 0. The average Bonchev–Trinajstić information content (AvgIpc) is 3.28. The van der Waals surface area contributed by atoms with Crippen LogP contribution in [0, 0.1) is 5.92 Å². The molecule has 6 nitrogen and oxygen atoms in total. The van der Waals surface area contributed by atoms with Gasteiger partial charge < -0.3 is 14.5 Å². The van der Waals surface area contributed by atoms with E-state index in [-0.39, 0.29) is 17.9 Å². The molecule has 1 saturated carbocycles. The number of amides is 2. The molecule has 0 bridgehead atoms. The molecule has 1 aliphatic carbocycles. The Bertz CT molecular complexity index is 677. The Balaban J connectivity index is 1.64. The Morgan fingerprint density at radius 1 is 1.10 bits per heavy atom. The van der Waals surface area contributed by atoms with Gasteiger partial charge in [0.15, 0.2) is 0 Å². The molecule has 2 amide bonds. The third-order valence-electron chi connectivity index (χ3n) is 6.37. The summed E-state index contributed by atoms with van der Waals surface area (Å²) in [6.45, 7) is 5.76. The van der Waals surface area contributed by atoms with Crippen molar-refractivity contribution in [2.24, 2.45) is 5.92 Å². The smallest absolute Gasteiger partial charge is 0.253 e. The molecule has 1 aromatic carbocycles. The van der Waals surface area contributed by atoms with Crippen molar-refractivity contribution in [2.75, 3.05) is 46.9 Å². The van der Waals surface area contributed by atoms with E-state index < -0.39 is 0 Å². The second kappa shape index (κ2) is 10.1. The van der Waals surface area contributed by atoms with Crippen molar-refractivity contribution in [3.63, 3.8) is 0 Å². The molecule has 0 N–H and O–H groups in total. The van der Waals surface area contributed by atoms with Crippen molar-refractivity contribution < 1.29 is 14.3 Å². The van der Waals surface area contributed by atoms with E-state index >= 15 is 0 Å². The van der Waals surface area contributed by atoms with Gasteiger partial charge in [0.05, 0.1) is 13.2 Å². The van der Waals surface area contributed by atoms with Crippen LogP contribution >= 0.6 is 0 Å². The van der Waals surface area contributed by atoms with E-state index in [9.17, 15) is 9.59 Å². The van der Waals surface area contributed by atoms with Crippen LogP contribution in [-0.2, 0) is 4.79 Å². The molecule has 2 fully saturated rings. The van der Waals surface area contributed by atoms with Crippen molar-refractivity contribution in [3.05, 3.63) is 29.8 Å². The fourth-order valence-corrected chi connectivity index (χ4v) is 4.72. The normalized spacial score (nSPS) is 19.2. The van der Waals surface area contributed by atoms with Crippen molar-refractivity contribution in [3.8, 4) is 5.75 Å². The van der Waals surface area contributed by atoms with E-state index in [0.717, 1.165) is 44.6 Å². The molecule has 0 spiro atoms. The zero-order chi connectivity index (χ0) is 20.8. The zero-order valence-electron chi connectivity index (χ0n) is 18.1. The van der Waals surface area contributed by atoms with Crippen LogP contribution in [0.15, 0.2) is 24.3 Å². The molecule has 0 unspecified atom stereocenters. The highest BCUT2D eigenvalue weighted by Gasteiger charge is 2.38. The number of piperazine rings is 1.